The van der Waals surface area contributed by atoms with Crippen molar-refractivity contribution in [3.05, 3.63) is 23.3 Å². The molecule has 0 saturated heterocycles. The number of aryl methyl sites for hydroxylation is 1. The lowest BCUT2D eigenvalue weighted by Crippen LogP contribution is -1.99. The van der Waals surface area contributed by atoms with E-state index < -0.39 is 0 Å². The molecule has 22 heavy (non-hydrogen) atoms. The van der Waals surface area contributed by atoms with Crippen molar-refractivity contribution >= 4 is 23.5 Å². The summed E-state index contributed by atoms with van der Waals surface area (Å²) in [4.78, 5) is 2.78. The highest BCUT2D eigenvalue weighted by molar-refractivity contribution is 7.99. The predicted molar refractivity (Wildman–Crippen MR) is 102 cm³/mol. The number of ether oxygens (including phenoxy) is 1. The van der Waals surface area contributed by atoms with Gasteiger partial charge in [-0.3, -0.25) is 0 Å². The normalized spacial score (nSPS) is 11.1. The SMILES string of the molecule is CCCCCCCCc1cc(SC)c(COCC)c(SC)c1. The minimum atomic E-state index is 0.736. The number of unbranched alkanes of at least 4 members (excludes halogenated alkanes) is 5. The van der Waals surface area contributed by atoms with Crippen LogP contribution < -0.4 is 0 Å². The molecule has 3 heteroatoms. The number of hydrogen-bond donors (Lipinski definition) is 0. The highest BCUT2D eigenvalue weighted by Crippen LogP contribution is 2.32. The van der Waals surface area contributed by atoms with Gasteiger partial charge in [-0.2, -0.15) is 0 Å². The van der Waals surface area contributed by atoms with E-state index >= 15 is 0 Å². The molecule has 0 atom stereocenters. The molecule has 1 rings (SSSR count). The monoisotopic (exact) mass is 340 g/mol. The van der Waals surface area contributed by atoms with E-state index in [1.54, 1.807) is 0 Å². The molecule has 0 bridgehead atoms. The Kier molecular flexibility index (Phi) is 11.2. The Morgan fingerprint density at radius 2 is 1.45 bits per heavy atom. The summed E-state index contributed by atoms with van der Waals surface area (Å²) in [7, 11) is 0. The lowest BCUT2D eigenvalue weighted by molar-refractivity contribution is 0.130. The van der Waals surface area contributed by atoms with Crippen LogP contribution in [0.2, 0.25) is 0 Å². The first-order chi connectivity index (χ1) is 10.8. The molecule has 1 aromatic carbocycles. The second-order valence-electron chi connectivity index (χ2n) is 5.63. The molecule has 0 radical (unpaired) electrons. The van der Waals surface area contributed by atoms with E-state index in [9.17, 15) is 0 Å². The first kappa shape index (κ1) is 19.9. The molecule has 0 amide bonds. The number of rotatable bonds is 12. The number of hydrogen-bond acceptors (Lipinski definition) is 3. The summed E-state index contributed by atoms with van der Waals surface area (Å²) >= 11 is 3.69. The molecule has 1 aromatic rings. The number of benzene rings is 1. The molecule has 0 aliphatic heterocycles. The van der Waals surface area contributed by atoms with Gasteiger partial charge in [-0.15, -0.1) is 23.5 Å². The van der Waals surface area contributed by atoms with Crippen LogP contribution >= 0.6 is 23.5 Å². The smallest absolute Gasteiger partial charge is 0.0738 e. The Morgan fingerprint density at radius 3 is 2.00 bits per heavy atom. The van der Waals surface area contributed by atoms with Crippen LogP contribution in [0, 0.1) is 0 Å². The van der Waals surface area contributed by atoms with Crippen LogP contribution in [0.4, 0.5) is 0 Å². The molecular weight excluding hydrogens is 308 g/mol. The van der Waals surface area contributed by atoms with Crippen molar-refractivity contribution in [2.75, 3.05) is 19.1 Å². The van der Waals surface area contributed by atoms with Crippen molar-refractivity contribution in [3.8, 4) is 0 Å². The molecule has 0 saturated carbocycles. The Morgan fingerprint density at radius 1 is 0.864 bits per heavy atom. The highest BCUT2D eigenvalue weighted by Gasteiger charge is 2.10. The van der Waals surface area contributed by atoms with Gasteiger partial charge in [0.15, 0.2) is 0 Å². The highest BCUT2D eigenvalue weighted by atomic mass is 32.2. The average Bonchev–Trinajstić information content (AvgIpc) is 2.55. The van der Waals surface area contributed by atoms with Crippen molar-refractivity contribution in [1.29, 1.82) is 0 Å². The third kappa shape index (κ3) is 6.97. The Bertz CT molecular complexity index is 393. The van der Waals surface area contributed by atoms with Crippen molar-refractivity contribution in [2.24, 2.45) is 0 Å². The average molecular weight is 341 g/mol. The predicted octanol–water partition coefficient (Wildman–Crippen LogP) is 6.57. The first-order valence-corrected chi connectivity index (χ1v) is 11.0. The summed E-state index contributed by atoms with van der Waals surface area (Å²) in [5.74, 6) is 0. The van der Waals surface area contributed by atoms with Crippen molar-refractivity contribution < 1.29 is 4.74 Å². The Balaban J connectivity index is 2.63. The standard InChI is InChI=1S/C19H32OS2/c1-5-7-8-9-10-11-12-16-13-18(21-3)17(15-20-6-2)19(14-16)22-4/h13-14H,5-12,15H2,1-4H3. The van der Waals surface area contributed by atoms with E-state index in [1.165, 1.54) is 65.9 Å². The zero-order valence-corrected chi connectivity index (χ0v) is 16.4. The zero-order valence-electron chi connectivity index (χ0n) is 14.7. The van der Waals surface area contributed by atoms with Crippen LogP contribution in [-0.2, 0) is 17.8 Å². The van der Waals surface area contributed by atoms with Gasteiger partial charge < -0.3 is 4.74 Å². The molecule has 0 aliphatic rings. The maximum absolute atomic E-state index is 5.65. The molecule has 0 heterocycles. The van der Waals surface area contributed by atoms with E-state index in [0.717, 1.165) is 13.2 Å². The van der Waals surface area contributed by atoms with E-state index in [1.807, 2.05) is 23.5 Å². The first-order valence-electron chi connectivity index (χ1n) is 8.58. The van der Waals surface area contributed by atoms with E-state index in [4.69, 9.17) is 4.74 Å². The quantitative estimate of drug-likeness (QED) is 0.314. The molecule has 0 unspecified atom stereocenters. The maximum atomic E-state index is 5.65. The molecule has 0 aliphatic carbocycles. The van der Waals surface area contributed by atoms with Crippen LogP contribution in [0.5, 0.6) is 0 Å². The summed E-state index contributed by atoms with van der Waals surface area (Å²) in [6.45, 7) is 5.85. The molecule has 0 spiro atoms. The van der Waals surface area contributed by atoms with Crippen molar-refractivity contribution in [1.82, 2.24) is 0 Å². The maximum Gasteiger partial charge on any atom is 0.0738 e. The fourth-order valence-electron chi connectivity index (χ4n) is 2.64. The van der Waals surface area contributed by atoms with E-state index in [-0.39, 0.29) is 0 Å². The second-order valence-corrected chi connectivity index (χ2v) is 7.33. The zero-order chi connectivity index (χ0) is 16.2. The fraction of sp³-hybridized carbons (Fsp3) is 0.684. The van der Waals surface area contributed by atoms with Crippen LogP contribution in [-0.4, -0.2) is 19.1 Å². The van der Waals surface area contributed by atoms with Gasteiger partial charge in [-0.25, -0.2) is 0 Å². The van der Waals surface area contributed by atoms with Crippen molar-refractivity contribution in [2.45, 2.75) is 75.2 Å². The Hall–Kier alpha value is -0.120. The summed E-state index contributed by atoms with van der Waals surface area (Å²) < 4.78 is 5.65. The van der Waals surface area contributed by atoms with Gasteiger partial charge in [0.25, 0.3) is 0 Å². The topological polar surface area (TPSA) is 9.23 Å². The van der Waals surface area contributed by atoms with Gasteiger partial charge in [0.05, 0.1) is 6.61 Å². The summed E-state index contributed by atoms with van der Waals surface area (Å²) in [6, 6.07) is 4.76. The van der Waals surface area contributed by atoms with E-state index in [2.05, 4.69) is 38.5 Å². The molecule has 126 valence electrons. The van der Waals surface area contributed by atoms with Gasteiger partial charge in [0.1, 0.15) is 0 Å². The summed E-state index contributed by atoms with van der Waals surface area (Å²) in [5.41, 5.74) is 2.86. The molecule has 0 fully saturated rings. The lowest BCUT2D eigenvalue weighted by atomic mass is 10.0. The number of thioether (sulfide) groups is 2. The van der Waals surface area contributed by atoms with Gasteiger partial charge in [-0.1, -0.05) is 39.0 Å². The minimum absolute atomic E-state index is 0.736. The molecule has 1 nitrogen and oxygen atoms in total. The lowest BCUT2D eigenvalue weighted by Gasteiger charge is -2.15. The Labute approximate surface area is 146 Å². The van der Waals surface area contributed by atoms with E-state index in [0.29, 0.717) is 0 Å². The summed E-state index contributed by atoms with van der Waals surface area (Å²) in [5, 5.41) is 0. The van der Waals surface area contributed by atoms with Gasteiger partial charge in [0, 0.05) is 22.0 Å². The third-order valence-corrected chi connectivity index (χ3v) is 5.55. The van der Waals surface area contributed by atoms with Gasteiger partial charge >= 0.3 is 0 Å². The van der Waals surface area contributed by atoms with Crippen LogP contribution in [0.15, 0.2) is 21.9 Å². The van der Waals surface area contributed by atoms with Gasteiger partial charge in [-0.05, 0) is 50.0 Å². The summed E-state index contributed by atoms with van der Waals surface area (Å²) in [6.07, 6.45) is 13.7. The second kappa shape index (κ2) is 12.3. The molecule has 0 aromatic heterocycles. The van der Waals surface area contributed by atoms with Crippen LogP contribution in [0.1, 0.15) is 63.5 Å². The molecule has 0 N–H and O–H groups in total. The largest absolute Gasteiger partial charge is 0.377 e. The fourth-order valence-corrected chi connectivity index (χ4v) is 4.07. The third-order valence-electron chi connectivity index (χ3n) is 3.94. The molecular formula is C19H32OS2. The van der Waals surface area contributed by atoms with Crippen molar-refractivity contribution in [3.63, 3.8) is 0 Å². The van der Waals surface area contributed by atoms with Crippen LogP contribution in [0.25, 0.3) is 0 Å². The minimum Gasteiger partial charge on any atom is -0.377 e. The van der Waals surface area contributed by atoms with Crippen LogP contribution in [0.3, 0.4) is 0 Å². The van der Waals surface area contributed by atoms with Gasteiger partial charge in [0.2, 0.25) is 0 Å².